The van der Waals surface area contributed by atoms with Crippen molar-refractivity contribution >= 4 is 17.3 Å². The number of aromatic nitrogens is 1. The number of rotatable bonds is 4. The zero-order chi connectivity index (χ0) is 10.6. The summed E-state index contributed by atoms with van der Waals surface area (Å²) in [5.41, 5.74) is 7.06. The molecule has 0 aliphatic rings. The first-order chi connectivity index (χ1) is 6.66. The predicted molar refractivity (Wildman–Crippen MR) is 51.7 cm³/mol. The molecule has 3 N–H and O–H groups in total. The van der Waals surface area contributed by atoms with Crippen molar-refractivity contribution in [1.82, 2.24) is 4.98 Å². The number of nitrogens with two attached hydrogens (primary N) is 1. The number of aliphatic hydroxyl groups excluding tert-OH is 1. The first-order valence-corrected chi connectivity index (χ1v) is 5.03. The fourth-order valence-electron chi connectivity index (χ4n) is 0.916. The molecule has 2 unspecified atom stereocenters. The molecule has 78 valence electrons. The Kier molecular flexibility index (Phi) is 3.99. The van der Waals surface area contributed by atoms with Gasteiger partial charge in [-0.1, -0.05) is 0 Å². The van der Waals surface area contributed by atoms with Gasteiger partial charge in [0.1, 0.15) is 12.1 Å². The number of nitrogens with zero attached hydrogens (tertiary/aromatic N) is 1. The van der Waals surface area contributed by atoms with E-state index in [0.717, 1.165) is 0 Å². The molecule has 0 fully saturated rings. The van der Waals surface area contributed by atoms with Gasteiger partial charge in [0, 0.05) is 6.20 Å². The highest BCUT2D eigenvalue weighted by molar-refractivity contribution is 7.09. The zero-order valence-electron chi connectivity index (χ0n) is 7.71. The van der Waals surface area contributed by atoms with E-state index in [1.54, 1.807) is 12.4 Å². The van der Waals surface area contributed by atoms with Crippen LogP contribution in [0.4, 0.5) is 0 Å². The van der Waals surface area contributed by atoms with Gasteiger partial charge in [0.25, 0.3) is 0 Å². The highest BCUT2D eigenvalue weighted by Gasteiger charge is 2.26. The molecule has 1 aromatic rings. The number of aliphatic hydroxyl groups is 1. The molecule has 5 nitrogen and oxygen atoms in total. The molecular formula is C8H12N2O3S. The molecule has 2 atom stereocenters. The maximum absolute atomic E-state index is 11.2. The second-order valence-corrected chi connectivity index (χ2v) is 3.54. The molecule has 0 spiro atoms. The monoisotopic (exact) mass is 216 g/mol. The molecule has 14 heavy (non-hydrogen) atoms. The van der Waals surface area contributed by atoms with E-state index in [-0.39, 0.29) is 6.61 Å². The summed E-state index contributed by atoms with van der Waals surface area (Å²) in [6, 6.07) is -1.05. The lowest BCUT2D eigenvalue weighted by Gasteiger charge is -2.15. The smallest absolute Gasteiger partial charge is 0.326 e. The van der Waals surface area contributed by atoms with Crippen molar-refractivity contribution < 1.29 is 14.6 Å². The Balaban J connectivity index is 2.61. The normalized spacial score (nSPS) is 14.8. The Morgan fingerprint density at radius 3 is 3.07 bits per heavy atom. The first-order valence-electron chi connectivity index (χ1n) is 4.15. The van der Waals surface area contributed by atoms with E-state index in [0.29, 0.717) is 4.88 Å². The average molecular weight is 216 g/mol. The Bertz CT molecular complexity index is 289. The van der Waals surface area contributed by atoms with E-state index < -0.39 is 18.1 Å². The summed E-state index contributed by atoms with van der Waals surface area (Å²) < 4.78 is 4.68. The summed E-state index contributed by atoms with van der Waals surface area (Å²) in [5.74, 6) is -0.603. The molecule has 0 radical (unpaired) electrons. The molecule has 0 aliphatic carbocycles. The minimum absolute atomic E-state index is 0.252. The number of esters is 1. The van der Waals surface area contributed by atoms with Crippen LogP contribution < -0.4 is 5.73 Å². The summed E-state index contributed by atoms with van der Waals surface area (Å²) in [5, 5.41) is 9.62. The van der Waals surface area contributed by atoms with E-state index in [9.17, 15) is 9.90 Å². The van der Waals surface area contributed by atoms with Crippen molar-refractivity contribution in [2.45, 2.75) is 19.1 Å². The lowest BCUT2D eigenvalue weighted by atomic mass is 10.1. The van der Waals surface area contributed by atoms with Crippen molar-refractivity contribution in [1.29, 1.82) is 0 Å². The predicted octanol–water partition coefficient (Wildman–Crippen LogP) is 0.0669. The van der Waals surface area contributed by atoms with E-state index in [2.05, 4.69) is 9.72 Å². The van der Waals surface area contributed by atoms with Crippen LogP contribution in [-0.2, 0) is 9.53 Å². The van der Waals surface area contributed by atoms with Gasteiger partial charge >= 0.3 is 5.97 Å². The lowest BCUT2D eigenvalue weighted by Crippen LogP contribution is -2.37. The highest BCUT2D eigenvalue weighted by Crippen LogP contribution is 2.19. The van der Waals surface area contributed by atoms with Gasteiger partial charge in [-0.2, -0.15) is 0 Å². The van der Waals surface area contributed by atoms with Crippen LogP contribution in [0.3, 0.4) is 0 Å². The number of hydrogen-bond acceptors (Lipinski definition) is 6. The van der Waals surface area contributed by atoms with Crippen molar-refractivity contribution in [3.63, 3.8) is 0 Å². The molecule has 0 aromatic carbocycles. The van der Waals surface area contributed by atoms with Crippen molar-refractivity contribution in [3.05, 3.63) is 16.6 Å². The lowest BCUT2D eigenvalue weighted by molar-refractivity contribution is -0.147. The van der Waals surface area contributed by atoms with E-state index in [1.165, 1.54) is 17.5 Å². The number of carbonyl (C=O) groups is 1. The molecule has 1 heterocycles. The first kappa shape index (κ1) is 11.1. The van der Waals surface area contributed by atoms with E-state index in [4.69, 9.17) is 5.73 Å². The molecule has 0 saturated carbocycles. The Morgan fingerprint density at radius 2 is 2.57 bits per heavy atom. The van der Waals surface area contributed by atoms with Gasteiger partial charge in [0.15, 0.2) is 0 Å². The van der Waals surface area contributed by atoms with Crippen LogP contribution in [0.5, 0.6) is 0 Å². The summed E-state index contributed by atoms with van der Waals surface area (Å²) in [6.45, 7) is 1.94. The molecule has 6 heteroatoms. The maximum atomic E-state index is 11.2. The van der Waals surface area contributed by atoms with Crippen LogP contribution in [0.2, 0.25) is 0 Å². The summed E-state index contributed by atoms with van der Waals surface area (Å²) in [6.07, 6.45) is 0.440. The quantitative estimate of drug-likeness (QED) is 0.695. The van der Waals surface area contributed by atoms with Crippen LogP contribution in [-0.4, -0.2) is 28.7 Å². The third-order valence-corrected chi connectivity index (χ3v) is 2.49. The largest absolute Gasteiger partial charge is 0.465 e. The van der Waals surface area contributed by atoms with Gasteiger partial charge in [-0.25, -0.2) is 0 Å². The van der Waals surface area contributed by atoms with Crippen molar-refractivity contribution in [3.8, 4) is 0 Å². The molecule has 0 aliphatic heterocycles. The number of carbonyl (C=O) groups excluding carboxylic acids is 1. The molecule has 1 rings (SSSR count). The van der Waals surface area contributed by atoms with Crippen LogP contribution in [0.25, 0.3) is 0 Å². The molecule has 0 amide bonds. The van der Waals surface area contributed by atoms with Crippen molar-refractivity contribution in [2.75, 3.05) is 6.61 Å². The fourth-order valence-corrected chi connectivity index (χ4v) is 1.57. The highest BCUT2D eigenvalue weighted by atomic mass is 32.1. The standard InChI is InChI=1S/C8H12N2O3S/c1-2-13-8(12)6(9)7(11)5-3-10-4-14-5/h3-4,6-7,11H,2,9H2,1H3. The second-order valence-electron chi connectivity index (χ2n) is 2.63. The Morgan fingerprint density at radius 1 is 1.86 bits per heavy atom. The molecule has 1 aromatic heterocycles. The molecule has 0 bridgehead atoms. The number of ether oxygens (including phenoxy) is 1. The third-order valence-electron chi connectivity index (χ3n) is 1.64. The molecular weight excluding hydrogens is 204 g/mol. The van der Waals surface area contributed by atoms with E-state index >= 15 is 0 Å². The fraction of sp³-hybridized carbons (Fsp3) is 0.500. The summed E-state index contributed by atoms with van der Waals surface area (Å²) in [7, 11) is 0. The Hall–Kier alpha value is -0.980. The topological polar surface area (TPSA) is 85.4 Å². The second kappa shape index (κ2) is 5.04. The van der Waals surface area contributed by atoms with Gasteiger partial charge in [-0.15, -0.1) is 11.3 Å². The van der Waals surface area contributed by atoms with Gasteiger partial charge in [-0.05, 0) is 6.92 Å². The SMILES string of the molecule is CCOC(=O)C(N)C(O)c1cncs1. The maximum Gasteiger partial charge on any atom is 0.326 e. The van der Waals surface area contributed by atoms with Crippen LogP contribution in [0, 0.1) is 0 Å². The average Bonchev–Trinajstić information content (AvgIpc) is 2.68. The van der Waals surface area contributed by atoms with Crippen LogP contribution in [0.15, 0.2) is 11.7 Å². The molecule has 0 saturated heterocycles. The van der Waals surface area contributed by atoms with Crippen molar-refractivity contribution in [2.24, 2.45) is 5.73 Å². The summed E-state index contributed by atoms with van der Waals surface area (Å²) >= 11 is 1.25. The van der Waals surface area contributed by atoms with Crippen LogP contribution >= 0.6 is 11.3 Å². The minimum Gasteiger partial charge on any atom is -0.465 e. The van der Waals surface area contributed by atoms with Crippen LogP contribution in [0.1, 0.15) is 17.9 Å². The summed E-state index contributed by atoms with van der Waals surface area (Å²) in [4.78, 5) is 15.5. The van der Waals surface area contributed by atoms with E-state index in [1.807, 2.05) is 0 Å². The van der Waals surface area contributed by atoms with Gasteiger partial charge in [0.05, 0.1) is 17.0 Å². The zero-order valence-corrected chi connectivity index (χ0v) is 8.53. The van der Waals surface area contributed by atoms with Gasteiger partial charge in [0.2, 0.25) is 0 Å². The van der Waals surface area contributed by atoms with Gasteiger partial charge in [-0.3, -0.25) is 9.78 Å². The Labute approximate surface area is 85.5 Å². The third kappa shape index (κ3) is 2.50. The number of thiazole rings is 1. The number of hydrogen-bond donors (Lipinski definition) is 2. The minimum atomic E-state index is -1.05. The van der Waals surface area contributed by atoms with Gasteiger partial charge < -0.3 is 15.6 Å².